The van der Waals surface area contributed by atoms with E-state index in [1.807, 2.05) is 44.2 Å². The summed E-state index contributed by atoms with van der Waals surface area (Å²) in [6.07, 6.45) is 0. The average molecular weight is 583 g/mol. The van der Waals surface area contributed by atoms with Crippen molar-refractivity contribution in [2.45, 2.75) is 24.8 Å². The predicted molar refractivity (Wildman–Crippen MR) is 145 cm³/mol. The van der Waals surface area contributed by atoms with E-state index >= 15 is 0 Å². The lowest BCUT2D eigenvalue weighted by atomic mass is 10.2. The van der Waals surface area contributed by atoms with Crippen LogP contribution in [-0.4, -0.2) is 61.9 Å². The zero-order chi connectivity index (χ0) is 25.9. The Kier molecular flexibility index (Phi) is 7.52. The van der Waals surface area contributed by atoms with Crippen LogP contribution in [0.2, 0.25) is 0 Å². The number of halogens is 2. The first-order valence-corrected chi connectivity index (χ1v) is 13.6. The third-order valence-electron chi connectivity index (χ3n) is 6.10. The first-order chi connectivity index (χ1) is 17.9. The monoisotopic (exact) mass is 581 g/mol. The molecule has 5 rings (SSSR count). The second-order valence-corrected chi connectivity index (χ2v) is 10.6. The Hall–Kier alpha value is -3.31. The van der Waals surface area contributed by atoms with Crippen LogP contribution in [0.1, 0.15) is 27.6 Å². The Morgan fingerprint density at radius 3 is 2.22 bits per heavy atom. The molecule has 0 spiro atoms. The molecule has 0 N–H and O–H groups in total. The Labute approximate surface area is 227 Å². The Morgan fingerprint density at radius 2 is 1.57 bits per heavy atom. The van der Waals surface area contributed by atoms with E-state index in [-0.39, 0.29) is 11.7 Å². The second kappa shape index (κ2) is 11.0. The van der Waals surface area contributed by atoms with Gasteiger partial charge in [0.05, 0.1) is 11.4 Å². The van der Waals surface area contributed by atoms with Gasteiger partial charge in [0.1, 0.15) is 5.82 Å². The highest BCUT2D eigenvalue weighted by Gasteiger charge is 2.28. The van der Waals surface area contributed by atoms with Crippen LogP contribution in [0.3, 0.4) is 0 Å². The van der Waals surface area contributed by atoms with Crippen LogP contribution in [-0.2, 0) is 5.75 Å². The molecule has 2 aromatic carbocycles. The molecule has 1 saturated heterocycles. The fourth-order valence-corrected chi connectivity index (χ4v) is 5.45. The van der Waals surface area contributed by atoms with Crippen LogP contribution in [0.15, 0.2) is 64.2 Å². The first kappa shape index (κ1) is 25.3. The summed E-state index contributed by atoms with van der Waals surface area (Å²) in [7, 11) is 0. The number of carbonyl (C=O) groups excluding carboxylic acids is 1. The van der Waals surface area contributed by atoms with E-state index in [0.29, 0.717) is 48.5 Å². The maximum Gasteiger partial charge on any atom is 0.276 e. The molecule has 8 nitrogen and oxygen atoms in total. The molecule has 1 aliphatic rings. The fraction of sp³-hybridized carbons (Fsp3) is 0.269. The normalized spacial score (nSPS) is 13.7. The molecular formula is C26H25BrFN7OS. The van der Waals surface area contributed by atoms with Crippen molar-refractivity contribution in [2.24, 2.45) is 0 Å². The van der Waals surface area contributed by atoms with E-state index < -0.39 is 0 Å². The number of rotatable bonds is 6. The lowest BCUT2D eigenvalue weighted by Gasteiger charge is -2.35. The summed E-state index contributed by atoms with van der Waals surface area (Å²) in [4.78, 5) is 26.6. The molecule has 4 aromatic rings. The Bertz CT molecular complexity index is 1380. The molecule has 2 aromatic heterocycles. The molecule has 0 bridgehead atoms. The van der Waals surface area contributed by atoms with Gasteiger partial charge in [-0.15, -0.1) is 5.10 Å². The number of aromatic nitrogens is 5. The van der Waals surface area contributed by atoms with Crippen LogP contribution in [0.4, 0.5) is 10.1 Å². The number of hydrogen-bond acceptors (Lipinski definition) is 7. The van der Waals surface area contributed by atoms with Gasteiger partial charge in [-0.2, -0.15) is 0 Å². The maximum absolute atomic E-state index is 13.6. The van der Waals surface area contributed by atoms with Gasteiger partial charge in [0.2, 0.25) is 0 Å². The summed E-state index contributed by atoms with van der Waals surface area (Å²) < 4.78 is 16.0. The van der Waals surface area contributed by atoms with E-state index in [1.165, 1.54) is 23.9 Å². The summed E-state index contributed by atoms with van der Waals surface area (Å²) in [5, 5.41) is 9.32. The lowest BCUT2D eigenvalue weighted by Crippen LogP contribution is -2.49. The molecule has 1 fully saturated rings. The van der Waals surface area contributed by atoms with Crippen molar-refractivity contribution in [3.63, 3.8) is 0 Å². The van der Waals surface area contributed by atoms with Crippen LogP contribution in [0.25, 0.3) is 5.69 Å². The molecule has 0 radical (unpaired) electrons. The van der Waals surface area contributed by atoms with E-state index in [0.717, 1.165) is 27.2 Å². The van der Waals surface area contributed by atoms with Crippen molar-refractivity contribution in [1.29, 1.82) is 0 Å². The third kappa shape index (κ3) is 5.83. The molecule has 3 heterocycles. The van der Waals surface area contributed by atoms with Gasteiger partial charge in [-0.3, -0.25) is 4.79 Å². The fourth-order valence-electron chi connectivity index (χ4n) is 4.25. The number of carbonyl (C=O) groups is 1. The van der Waals surface area contributed by atoms with Gasteiger partial charge in [-0.1, -0.05) is 32.9 Å². The molecule has 1 aliphatic heterocycles. The van der Waals surface area contributed by atoms with Crippen LogP contribution in [0, 0.1) is 19.7 Å². The Balaban J connectivity index is 1.38. The lowest BCUT2D eigenvalue weighted by molar-refractivity contribution is 0.0740. The van der Waals surface area contributed by atoms with Crippen molar-refractivity contribution in [3.05, 3.63) is 87.7 Å². The summed E-state index contributed by atoms with van der Waals surface area (Å²) in [6, 6.07) is 16.1. The largest absolute Gasteiger partial charge is 0.368 e. The molecule has 11 heteroatoms. The minimum atomic E-state index is -0.261. The molecule has 0 saturated carbocycles. The molecular weight excluding hydrogens is 557 g/mol. The van der Waals surface area contributed by atoms with Gasteiger partial charge in [-0.25, -0.2) is 19.0 Å². The molecule has 0 aliphatic carbocycles. The predicted octanol–water partition coefficient (Wildman–Crippen LogP) is 4.83. The SMILES string of the molecule is Cc1cc(C)nc(SCc2c(C(=O)N3CCN(c4ccc(F)cc4)CC3)nnn2-c2ccc(Br)cc2)n1. The zero-order valence-electron chi connectivity index (χ0n) is 20.4. The maximum atomic E-state index is 13.6. The minimum Gasteiger partial charge on any atom is -0.368 e. The molecule has 37 heavy (non-hydrogen) atoms. The number of benzene rings is 2. The van der Waals surface area contributed by atoms with E-state index in [2.05, 4.69) is 41.1 Å². The standard InChI is InChI=1S/C26H25BrFN7OS/c1-17-15-18(2)30-26(29-17)37-16-23-24(31-32-35(23)22-7-3-19(27)4-8-22)25(36)34-13-11-33(12-14-34)21-9-5-20(28)6-10-21/h3-10,15H,11-14,16H2,1-2H3. The highest BCUT2D eigenvalue weighted by molar-refractivity contribution is 9.10. The number of amides is 1. The topological polar surface area (TPSA) is 80.0 Å². The van der Waals surface area contributed by atoms with Crippen LogP contribution in [0.5, 0.6) is 0 Å². The first-order valence-electron chi connectivity index (χ1n) is 11.8. The van der Waals surface area contributed by atoms with Gasteiger partial charge in [0, 0.05) is 53.5 Å². The van der Waals surface area contributed by atoms with Crippen molar-refractivity contribution < 1.29 is 9.18 Å². The van der Waals surface area contributed by atoms with Crippen LogP contribution >= 0.6 is 27.7 Å². The van der Waals surface area contributed by atoms with Gasteiger partial charge < -0.3 is 9.80 Å². The van der Waals surface area contributed by atoms with Crippen molar-refractivity contribution in [1.82, 2.24) is 29.9 Å². The number of thioether (sulfide) groups is 1. The van der Waals surface area contributed by atoms with E-state index in [9.17, 15) is 9.18 Å². The second-order valence-electron chi connectivity index (χ2n) is 8.75. The van der Waals surface area contributed by atoms with Gasteiger partial charge in [0.15, 0.2) is 10.9 Å². The van der Waals surface area contributed by atoms with E-state index in [4.69, 9.17) is 0 Å². The smallest absolute Gasteiger partial charge is 0.276 e. The number of nitrogens with zero attached hydrogens (tertiary/aromatic N) is 7. The highest BCUT2D eigenvalue weighted by Crippen LogP contribution is 2.26. The van der Waals surface area contributed by atoms with Gasteiger partial charge in [-0.05, 0) is 68.4 Å². The Morgan fingerprint density at radius 1 is 0.946 bits per heavy atom. The highest BCUT2D eigenvalue weighted by atomic mass is 79.9. The average Bonchev–Trinajstić information content (AvgIpc) is 3.31. The summed E-state index contributed by atoms with van der Waals surface area (Å²) in [5.74, 6) is 0.0184. The van der Waals surface area contributed by atoms with E-state index in [1.54, 1.807) is 21.7 Å². The van der Waals surface area contributed by atoms with Crippen LogP contribution < -0.4 is 4.90 Å². The van der Waals surface area contributed by atoms with Gasteiger partial charge >= 0.3 is 0 Å². The summed E-state index contributed by atoms with van der Waals surface area (Å²) >= 11 is 4.92. The number of piperazine rings is 1. The summed E-state index contributed by atoms with van der Waals surface area (Å²) in [5.41, 5.74) is 4.57. The molecule has 190 valence electrons. The zero-order valence-corrected chi connectivity index (χ0v) is 22.8. The quantitative estimate of drug-likeness (QED) is 0.238. The minimum absolute atomic E-state index is 0.154. The number of hydrogen-bond donors (Lipinski definition) is 0. The van der Waals surface area contributed by atoms with Crippen molar-refractivity contribution in [2.75, 3.05) is 31.1 Å². The number of anilines is 1. The van der Waals surface area contributed by atoms with Crippen molar-refractivity contribution >= 4 is 39.3 Å². The number of aryl methyl sites for hydroxylation is 2. The molecule has 0 unspecified atom stereocenters. The van der Waals surface area contributed by atoms with Crippen molar-refractivity contribution in [3.8, 4) is 5.69 Å². The third-order valence-corrected chi connectivity index (χ3v) is 7.48. The van der Waals surface area contributed by atoms with Gasteiger partial charge in [0.25, 0.3) is 5.91 Å². The molecule has 0 atom stereocenters. The molecule has 1 amide bonds. The summed E-state index contributed by atoms with van der Waals surface area (Å²) in [6.45, 7) is 6.25.